The quantitative estimate of drug-likeness (QED) is 0.742. The van der Waals surface area contributed by atoms with Gasteiger partial charge in [-0.2, -0.15) is 5.26 Å². The highest BCUT2D eigenvalue weighted by molar-refractivity contribution is 5.36. The number of hydrogen-bond acceptors (Lipinski definition) is 3. The van der Waals surface area contributed by atoms with Gasteiger partial charge < -0.3 is 9.64 Å². The fourth-order valence-electron chi connectivity index (χ4n) is 1.57. The van der Waals surface area contributed by atoms with E-state index in [9.17, 15) is 0 Å². The molecule has 0 heterocycles. The van der Waals surface area contributed by atoms with Crippen LogP contribution in [0.3, 0.4) is 0 Å². The summed E-state index contributed by atoms with van der Waals surface area (Å²) in [6.45, 7) is 7.13. The Kier molecular flexibility index (Phi) is 6.24. The molecule has 0 atom stereocenters. The third-order valence-corrected chi connectivity index (χ3v) is 2.79. The molecule has 0 saturated carbocycles. The van der Waals surface area contributed by atoms with Crippen LogP contribution in [-0.2, 0) is 0 Å². The van der Waals surface area contributed by atoms with Crippen molar-refractivity contribution in [2.75, 3.05) is 26.7 Å². The highest BCUT2D eigenvalue weighted by atomic mass is 16.5. The number of benzene rings is 1. The maximum atomic E-state index is 8.78. The third-order valence-electron chi connectivity index (χ3n) is 2.79. The molecule has 0 fully saturated rings. The fraction of sp³-hybridized carbons (Fsp3) is 0.533. The molecule has 1 rings (SSSR count). The predicted octanol–water partition coefficient (Wildman–Crippen LogP) is 2.91. The molecule has 0 saturated heterocycles. The zero-order valence-electron chi connectivity index (χ0n) is 11.5. The van der Waals surface area contributed by atoms with E-state index in [2.05, 4.69) is 31.9 Å². The lowest BCUT2D eigenvalue weighted by Crippen LogP contribution is -2.26. The average Bonchev–Trinajstić information content (AvgIpc) is 2.36. The second-order valence-corrected chi connectivity index (χ2v) is 4.97. The minimum absolute atomic E-state index is 0.640. The van der Waals surface area contributed by atoms with Gasteiger partial charge in [0, 0.05) is 6.54 Å². The Balaban J connectivity index is 2.26. The van der Waals surface area contributed by atoms with Crippen LogP contribution in [0.2, 0.25) is 0 Å². The van der Waals surface area contributed by atoms with E-state index in [1.54, 1.807) is 12.1 Å². The summed E-state index contributed by atoms with van der Waals surface area (Å²) in [7, 11) is 2.11. The lowest BCUT2D eigenvalue weighted by molar-refractivity contribution is 0.230. The van der Waals surface area contributed by atoms with Crippen LogP contribution in [0.4, 0.5) is 0 Å². The monoisotopic (exact) mass is 246 g/mol. The number of nitriles is 1. The van der Waals surface area contributed by atoms with E-state index in [0.717, 1.165) is 24.8 Å². The van der Waals surface area contributed by atoms with Gasteiger partial charge in [0.2, 0.25) is 0 Å². The van der Waals surface area contributed by atoms with E-state index in [1.165, 1.54) is 6.42 Å². The van der Waals surface area contributed by atoms with Gasteiger partial charge in [0.1, 0.15) is 12.4 Å². The van der Waals surface area contributed by atoms with E-state index in [0.29, 0.717) is 12.2 Å². The molecule has 3 nitrogen and oxygen atoms in total. The lowest BCUT2D eigenvalue weighted by atomic mass is 10.1. The maximum absolute atomic E-state index is 8.78. The zero-order chi connectivity index (χ0) is 13.4. The summed E-state index contributed by atoms with van der Waals surface area (Å²) in [5.41, 5.74) is 0.640. The number of likely N-dealkylation sites (N-methyl/N-ethyl adjacent to an activating group) is 1. The van der Waals surface area contributed by atoms with Crippen LogP contribution in [0.5, 0.6) is 5.75 Å². The van der Waals surface area contributed by atoms with Gasteiger partial charge in [0.05, 0.1) is 11.6 Å². The molecule has 98 valence electrons. The van der Waals surface area contributed by atoms with Gasteiger partial charge in [-0.15, -0.1) is 0 Å². The first-order valence-electron chi connectivity index (χ1n) is 6.43. The van der Waals surface area contributed by atoms with Crippen LogP contribution >= 0.6 is 0 Å². The molecule has 0 unspecified atom stereocenters. The average molecular weight is 246 g/mol. The largest absolute Gasteiger partial charge is 0.492 e. The van der Waals surface area contributed by atoms with Gasteiger partial charge >= 0.3 is 0 Å². The van der Waals surface area contributed by atoms with Crippen LogP contribution < -0.4 is 4.74 Å². The standard InChI is InChI=1S/C15H22N2O/c1-13(2)7-8-17(3)9-10-18-15-6-4-5-14(11-15)12-16/h4-6,11,13H,7-10H2,1-3H3. The topological polar surface area (TPSA) is 36.3 Å². The van der Waals surface area contributed by atoms with Crippen molar-refractivity contribution in [1.82, 2.24) is 4.90 Å². The second kappa shape index (κ2) is 7.73. The summed E-state index contributed by atoms with van der Waals surface area (Å²) >= 11 is 0. The first-order valence-corrected chi connectivity index (χ1v) is 6.43. The molecule has 0 amide bonds. The van der Waals surface area contributed by atoms with Crippen molar-refractivity contribution in [3.8, 4) is 11.8 Å². The Morgan fingerprint density at radius 3 is 2.78 bits per heavy atom. The minimum atomic E-state index is 0.640. The molecule has 0 spiro atoms. The molecule has 18 heavy (non-hydrogen) atoms. The smallest absolute Gasteiger partial charge is 0.120 e. The highest BCUT2D eigenvalue weighted by Crippen LogP contribution is 2.12. The van der Waals surface area contributed by atoms with Crippen LogP contribution in [-0.4, -0.2) is 31.6 Å². The Morgan fingerprint density at radius 2 is 2.11 bits per heavy atom. The SMILES string of the molecule is CC(C)CCN(C)CCOc1cccc(C#N)c1. The van der Waals surface area contributed by atoms with Crippen LogP contribution in [0.1, 0.15) is 25.8 Å². The molecule has 1 aromatic rings. The molecule has 0 radical (unpaired) electrons. The van der Waals surface area contributed by atoms with E-state index in [-0.39, 0.29) is 0 Å². The van der Waals surface area contributed by atoms with Crippen molar-refractivity contribution >= 4 is 0 Å². The molecule has 1 aromatic carbocycles. The van der Waals surface area contributed by atoms with Crippen molar-refractivity contribution in [3.05, 3.63) is 29.8 Å². The van der Waals surface area contributed by atoms with Crippen molar-refractivity contribution in [2.45, 2.75) is 20.3 Å². The molecule has 0 N–H and O–H groups in total. The van der Waals surface area contributed by atoms with Crippen LogP contribution in [0, 0.1) is 17.2 Å². The normalized spacial score (nSPS) is 10.7. The van der Waals surface area contributed by atoms with Gasteiger partial charge in [-0.25, -0.2) is 0 Å². The first-order chi connectivity index (χ1) is 8.61. The van der Waals surface area contributed by atoms with E-state index < -0.39 is 0 Å². The third kappa shape index (κ3) is 5.70. The summed E-state index contributed by atoms with van der Waals surface area (Å²) in [6.07, 6.45) is 1.21. The maximum Gasteiger partial charge on any atom is 0.120 e. The van der Waals surface area contributed by atoms with Crippen molar-refractivity contribution < 1.29 is 4.74 Å². The molecule has 0 aromatic heterocycles. The molecular weight excluding hydrogens is 224 g/mol. The number of hydrogen-bond donors (Lipinski definition) is 0. The van der Waals surface area contributed by atoms with Gasteiger partial charge in [-0.3, -0.25) is 0 Å². The predicted molar refractivity (Wildman–Crippen MR) is 73.6 cm³/mol. The number of ether oxygens (including phenoxy) is 1. The molecule has 0 bridgehead atoms. The molecule has 3 heteroatoms. The lowest BCUT2D eigenvalue weighted by Gasteiger charge is -2.18. The van der Waals surface area contributed by atoms with E-state index >= 15 is 0 Å². The van der Waals surface area contributed by atoms with Crippen LogP contribution in [0.25, 0.3) is 0 Å². The number of rotatable bonds is 7. The molecule has 0 aliphatic carbocycles. The Bertz CT molecular complexity index is 396. The van der Waals surface area contributed by atoms with Crippen molar-refractivity contribution in [1.29, 1.82) is 5.26 Å². The van der Waals surface area contributed by atoms with Gasteiger partial charge in [0.15, 0.2) is 0 Å². The van der Waals surface area contributed by atoms with Crippen LogP contribution in [0.15, 0.2) is 24.3 Å². The van der Waals surface area contributed by atoms with E-state index in [1.807, 2.05) is 12.1 Å². The van der Waals surface area contributed by atoms with Crippen molar-refractivity contribution in [3.63, 3.8) is 0 Å². The summed E-state index contributed by atoms with van der Waals surface area (Å²) in [5.74, 6) is 1.51. The highest BCUT2D eigenvalue weighted by Gasteiger charge is 2.01. The minimum Gasteiger partial charge on any atom is -0.492 e. The van der Waals surface area contributed by atoms with E-state index in [4.69, 9.17) is 10.00 Å². The summed E-state index contributed by atoms with van der Waals surface area (Å²) in [6, 6.07) is 9.39. The molecular formula is C15H22N2O. The Morgan fingerprint density at radius 1 is 1.33 bits per heavy atom. The Labute approximate surface area is 110 Å². The fourth-order valence-corrected chi connectivity index (χ4v) is 1.57. The van der Waals surface area contributed by atoms with Crippen molar-refractivity contribution in [2.24, 2.45) is 5.92 Å². The summed E-state index contributed by atoms with van der Waals surface area (Å²) in [4.78, 5) is 2.27. The molecule has 0 aliphatic heterocycles. The Hall–Kier alpha value is -1.53. The molecule has 0 aliphatic rings. The summed E-state index contributed by atoms with van der Waals surface area (Å²) < 4.78 is 5.63. The summed E-state index contributed by atoms with van der Waals surface area (Å²) in [5, 5.41) is 8.78. The number of nitrogens with zero attached hydrogens (tertiary/aromatic N) is 2. The first kappa shape index (κ1) is 14.5. The zero-order valence-corrected chi connectivity index (χ0v) is 11.5. The second-order valence-electron chi connectivity index (χ2n) is 4.97. The van der Waals surface area contributed by atoms with Gasteiger partial charge in [-0.1, -0.05) is 19.9 Å². The van der Waals surface area contributed by atoms with Gasteiger partial charge in [-0.05, 0) is 44.1 Å². The van der Waals surface area contributed by atoms with Gasteiger partial charge in [0.25, 0.3) is 0 Å².